The van der Waals surface area contributed by atoms with Crippen molar-refractivity contribution in [3.8, 4) is 11.5 Å². The lowest BCUT2D eigenvalue weighted by Crippen LogP contribution is -2.42. The Balaban J connectivity index is 2.23. The number of phenolic OH excluding ortho intramolecular Hbond substituents is 1. The summed E-state index contributed by atoms with van der Waals surface area (Å²) in [5, 5.41) is 24.7. The van der Waals surface area contributed by atoms with E-state index in [2.05, 4.69) is 5.32 Å². The smallest absolute Gasteiger partial charge is 0.407 e. The molecule has 2 rings (SSSR count). The molecule has 0 heterocycles. The van der Waals surface area contributed by atoms with Gasteiger partial charge in [0.05, 0.1) is 11.5 Å². The van der Waals surface area contributed by atoms with E-state index in [0.717, 1.165) is 16.7 Å². The Morgan fingerprint density at radius 3 is 1.92 bits per heavy atom. The molecule has 2 aromatic rings. The summed E-state index contributed by atoms with van der Waals surface area (Å²) < 4.78 is 11.8. The highest BCUT2D eigenvalue weighted by molar-refractivity contribution is 5.68. The number of hydrogen-bond acceptors (Lipinski definition) is 6. The standard InChI is InChI=1S/C29H42N2O6/c1-27(2,3)23-17-22(18-24(25(23)32)28(4,5)6)36-15-14-21(37-26(33)30-29(7,8)9)16-19-10-12-20(13-11-19)31(34)35/h10-13,17-18,21,32H,14-16H2,1-9H3,(H,30,33). The summed E-state index contributed by atoms with van der Waals surface area (Å²) in [6.07, 6.45) is -0.251. The second-order valence-corrected chi connectivity index (χ2v) is 12.5. The van der Waals surface area contributed by atoms with Crippen molar-refractivity contribution in [3.63, 3.8) is 0 Å². The average Bonchev–Trinajstić information content (AvgIpc) is 2.72. The number of non-ortho nitro benzene ring substituents is 1. The molecule has 0 radical (unpaired) electrons. The lowest BCUT2D eigenvalue weighted by Gasteiger charge is -2.28. The fraction of sp³-hybridized carbons (Fsp3) is 0.552. The van der Waals surface area contributed by atoms with Crippen LogP contribution in [0, 0.1) is 10.1 Å². The summed E-state index contributed by atoms with van der Waals surface area (Å²) in [6.45, 7) is 18.1. The van der Waals surface area contributed by atoms with Gasteiger partial charge in [0, 0.05) is 41.6 Å². The first-order valence-corrected chi connectivity index (χ1v) is 12.6. The molecule has 37 heavy (non-hydrogen) atoms. The summed E-state index contributed by atoms with van der Waals surface area (Å²) in [5.74, 6) is 0.923. The minimum atomic E-state index is -0.533. The van der Waals surface area contributed by atoms with Crippen LogP contribution in [0.2, 0.25) is 0 Å². The largest absolute Gasteiger partial charge is 0.507 e. The zero-order chi connectivity index (χ0) is 28.2. The fourth-order valence-electron chi connectivity index (χ4n) is 3.85. The number of carbonyl (C=O) groups is 1. The number of benzene rings is 2. The van der Waals surface area contributed by atoms with Crippen molar-refractivity contribution in [3.05, 3.63) is 63.2 Å². The Morgan fingerprint density at radius 2 is 1.49 bits per heavy atom. The van der Waals surface area contributed by atoms with E-state index in [9.17, 15) is 20.0 Å². The molecule has 2 aromatic carbocycles. The molecule has 1 unspecified atom stereocenters. The van der Waals surface area contributed by atoms with E-state index >= 15 is 0 Å². The van der Waals surface area contributed by atoms with E-state index in [-0.39, 0.29) is 28.9 Å². The van der Waals surface area contributed by atoms with Gasteiger partial charge >= 0.3 is 6.09 Å². The molecule has 2 N–H and O–H groups in total. The Labute approximate surface area is 220 Å². The van der Waals surface area contributed by atoms with Crippen LogP contribution >= 0.6 is 0 Å². The molecule has 0 fully saturated rings. The van der Waals surface area contributed by atoms with E-state index in [1.54, 1.807) is 12.1 Å². The number of nitrogens with zero attached hydrogens (tertiary/aromatic N) is 1. The molecule has 8 nitrogen and oxygen atoms in total. The third-order valence-corrected chi connectivity index (χ3v) is 5.77. The van der Waals surface area contributed by atoms with E-state index in [1.807, 2.05) is 74.4 Å². The summed E-state index contributed by atoms with van der Waals surface area (Å²) in [5.41, 5.74) is 1.41. The van der Waals surface area contributed by atoms with Crippen molar-refractivity contribution in [1.82, 2.24) is 5.32 Å². The highest BCUT2D eigenvalue weighted by atomic mass is 16.6. The van der Waals surface area contributed by atoms with Crippen molar-refractivity contribution < 1.29 is 24.3 Å². The van der Waals surface area contributed by atoms with Crippen LogP contribution < -0.4 is 10.1 Å². The highest BCUT2D eigenvalue weighted by Crippen LogP contribution is 2.41. The fourth-order valence-corrected chi connectivity index (χ4v) is 3.85. The van der Waals surface area contributed by atoms with Crippen LogP contribution in [0.25, 0.3) is 0 Å². The molecule has 204 valence electrons. The van der Waals surface area contributed by atoms with E-state index < -0.39 is 22.7 Å². The predicted molar refractivity (Wildman–Crippen MR) is 146 cm³/mol. The molecule has 0 spiro atoms. The lowest BCUT2D eigenvalue weighted by molar-refractivity contribution is -0.384. The molecular weight excluding hydrogens is 472 g/mol. The minimum Gasteiger partial charge on any atom is -0.507 e. The van der Waals surface area contributed by atoms with Gasteiger partial charge in [-0.3, -0.25) is 10.1 Å². The zero-order valence-electron chi connectivity index (χ0n) is 23.6. The maximum absolute atomic E-state index is 12.5. The molecule has 0 aliphatic carbocycles. The number of ether oxygens (including phenoxy) is 2. The van der Waals surface area contributed by atoms with Gasteiger partial charge in [0.1, 0.15) is 17.6 Å². The summed E-state index contributed by atoms with van der Waals surface area (Å²) in [4.78, 5) is 23.0. The number of amides is 1. The second-order valence-electron chi connectivity index (χ2n) is 12.5. The Bertz CT molecular complexity index is 1050. The molecule has 0 bridgehead atoms. The SMILES string of the molecule is CC(C)(C)NC(=O)OC(CCOc1cc(C(C)(C)C)c(O)c(C(C)(C)C)c1)Cc1ccc([N+](=O)[O-])cc1. The van der Waals surface area contributed by atoms with E-state index in [0.29, 0.717) is 18.6 Å². The van der Waals surface area contributed by atoms with Gasteiger partial charge in [-0.25, -0.2) is 4.79 Å². The van der Waals surface area contributed by atoms with Crippen LogP contribution in [-0.2, 0) is 22.0 Å². The Kier molecular flexibility index (Phi) is 9.23. The number of nitrogens with one attached hydrogen (secondary N) is 1. The molecular formula is C29H42N2O6. The third kappa shape index (κ3) is 9.26. The monoisotopic (exact) mass is 514 g/mol. The average molecular weight is 515 g/mol. The van der Waals surface area contributed by atoms with Gasteiger partial charge in [-0.05, 0) is 49.3 Å². The molecule has 0 aliphatic heterocycles. The van der Waals surface area contributed by atoms with Gasteiger partial charge in [-0.1, -0.05) is 53.7 Å². The number of nitro benzene ring substituents is 1. The van der Waals surface area contributed by atoms with Crippen LogP contribution in [0.5, 0.6) is 11.5 Å². The number of phenols is 1. The van der Waals surface area contributed by atoms with E-state index in [4.69, 9.17) is 9.47 Å². The number of aromatic hydroxyl groups is 1. The van der Waals surface area contributed by atoms with Gasteiger partial charge in [-0.15, -0.1) is 0 Å². The molecule has 1 atom stereocenters. The maximum Gasteiger partial charge on any atom is 0.407 e. The molecule has 0 saturated carbocycles. The molecule has 0 aromatic heterocycles. The first kappa shape index (κ1) is 29.9. The van der Waals surface area contributed by atoms with Gasteiger partial charge in [0.25, 0.3) is 5.69 Å². The van der Waals surface area contributed by atoms with Crippen LogP contribution in [-0.4, -0.2) is 34.4 Å². The third-order valence-electron chi connectivity index (χ3n) is 5.77. The molecule has 0 aliphatic rings. The summed E-state index contributed by atoms with van der Waals surface area (Å²) in [6, 6.07) is 9.95. The number of rotatable bonds is 8. The van der Waals surface area contributed by atoms with Crippen molar-refractivity contribution >= 4 is 11.8 Å². The number of nitro groups is 1. The number of hydrogen-bond donors (Lipinski definition) is 2. The van der Waals surface area contributed by atoms with Gasteiger partial charge in [-0.2, -0.15) is 0 Å². The molecule has 0 saturated heterocycles. The van der Waals surface area contributed by atoms with Crippen LogP contribution in [0.1, 0.15) is 85.4 Å². The first-order chi connectivity index (χ1) is 16.9. The van der Waals surface area contributed by atoms with Crippen molar-refractivity contribution in [2.45, 2.75) is 97.6 Å². The van der Waals surface area contributed by atoms with E-state index in [1.165, 1.54) is 12.1 Å². The van der Waals surface area contributed by atoms with Crippen LogP contribution in [0.15, 0.2) is 36.4 Å². The van der Waals surface area contributed by atoms with Crippen LogP contribution in [0.3, 0.4) is 0 Å². The van der Waals surface area contributed by atoms with Crippen molar-refractivity contribution in [1.29, 1.82) is 0 Å². The number of alkyl carbamates (subject to hydrolysis) is 1. The normalized spacial score (nSPS) is 13.1. The first-order valence-electron chi connectivity index (χ1n) is 12.6. The second kappa shape index (κ2) is 11.4. The molecule has 8 heteroatoms. The predicted octanol–water partition coefficient (Wildman–Crippen LogP) is 6.80. The Morgan fingerprint density at radius 1 is 0.973 bits per heavy atom. The van der Waals surface area contributed by atoms with Gasteiger partial charge < -0.3 is 19.9 Å². The maximum atomic E-state index is 12.5. The Hall–Kier alpha value is -3.29. The quantitative estimate of drug-likeness (QED) is 0.296. The summed E-state index contributed by atoms with van der Waals surface area (Å²) in [7, 11) is 0. The van der Waals surface area contributed by atoms with Gasteiger partial charge in [0.15, 0.2) is 0 Å². The highest BCUT2D eigenvalue weighted by Gasteiger charge is 2.27. The van der Waals surface area contributed by atoms with Crippen molar-refractivity contribution in [2.75, 3.05) is 6.61 Å². The van der Waals surface area contributed by atoms with Crippen LogP contribution in [0.4, 0.5) is 10.5 Å². The minimum absolute atomic E-state index is 0.00617. The zero-order valence-corrected chi connectivity index (χ0v) is 23.6. The van der Waals surface area contributed by atoms with Crippen molar-refractivity contribution in [2.24, 2.45) is 0 Å². The summed E-state index contributed by atoms with van der Waals surface area (Å²) >= 11 is 0. The van der Waals surface area contributed by atoms with Gasteiger partial charge in [0.2, 0.25) is 0 Å². The lowest BCUT2D eigenvalue weighted by atomic mass is 9.79. The number of carbonyl (C=O) groups excluding carboxylic acids is 1. The molecule has 1 amide bonds. The topological polar surface area (TPSA) is 111 Å².